The highest BCUT2D eigenvalue weighted by Crippen LogP contribution is 2.10. The lowest BCUT2D eigenvalue weighted by Crippen LogP contribution is -2.47. The van der Waals surface area contributed by atoms with Crippen molar-refractivity contribution < 1.29 is 29.3 Å². The van der Waals surface area contributed by atoms with Crippen LogP contribution >= 0.6 is 0 Å². The molecule has 0 aliphatic carbocycles. The van der Waals surface area contributed by atoms with Crippen LogP contribution in [0.5, 0.6) is 5.75 Å². The van der Waals surface area contributed by atoms with Gasteiger partial charge in [0, 0.05) is 0 Å². The molecule has 3 N–H and O–H groups in total. The Morgan fingerprint density at radius 2 is 1.80 bits per heavy atom. The molecule has 0 heterocycles. The molecule has 0 fully saturated rings. The Morgan fingerprint density at radius 3 is 2.30 bits per heavy atom. The van der Waals surface area contributed by atoms with E-state index in [9.17, 15) is 14.4 Å². The zero-order valence-electron chi connectivity index (χ0n) is 10.8. The molecule has 1 aromatic carbocycles. The Hall–Kier alpha value is -2.57. The number of aliphatic carboxylic acids is 2. The first kappa shape index (κ1) is 15.5. The third-order valence-corrected chi connectivity index (χ3v) is 2.42. The summed E-state index contributed by atoms with van der Waals surface area (Å²) in [6, 6.07) is 7.05. The minimum atomic E-state index is -1.48. The topological polar surface area (TPSA) is 113 Å². The predicted octanol–water partition coefficient (Wildman–Crippen LogP) is 0.498. The first-order chi connectivity index (χ1) is 9.40. The summed E-state index contributed by atoms with van der Waals surface area (Å²) in [5.41, 5.74) is 0. The fourth-order valence-electron chi connectivity index (χ4n) is 1.42. The number of benzene rings is 1. The first-order valence-corrected chi connectivity index (χ1v) is 5.87. The lowest BCUT2D eigenvalue weighted by Gasteiger charge is -2.17. The fourth-order valence-corrected chi connectivity index (χ4v) is 1.42. The lowest BCUT2D eigenvalue weighted by atomic mass is 10.2. The quantitative estimate of drug-likeness (QED) is 0.670. The number of ether oxygens (including phenoxy) is 1. The molecular formula is C13H15NO6. The molecule has 1 amide bonds. The van der Waals surface area contributed by atoms with E-state index < -0.39 is 36.4 Å². The number of nitrogens with one attached hydrogen (secondary N) is 1. The Balaban J connectivity index is 2.59. The lowest BCUT2D eigenvalue weighted by molar-refractivity contribution is -0.147. The van der Waals surface area contributed by atoms with Gasteiger partial charge in [0.2, 0.25) is 0 Å². The van der Waals surface area contributed by atoms with Crippen LogP contribution in [-0.4, -0.2) is 40.2 Å². The maximum absolute atomic E-state index is 11.8. The van der Waals surface area contributed by atoms with Crippen LogP contribution < -0.4 is 10.1 Å². The van der Waals surface area contributed by atoms with Gasteiger partial charge in [-0.05, 0) is 19.1 Å². The molecular weight excluding hydrogens is 266 g/mol. The number of rotatable bonds is 7. The molecule has 0 saturated heterocycles. The Bertz CT molecular complexity index is 487. The minimum Gasteiger partial charge on any atom is -0.481 e. The van der Waals surface area contributed by atoms with Crippen molar-refractivity contribution in [2.24, 2.45) is 0 Å². The highest BCUT2D eigenvalue weighted by molar-refractivity contribution is 5.88. The van der Waals surface area contributed by atoms with E-state index in [1.54, 1.807) is 30.3 Å². The molecule has 2 unspecified atom stereocenters. The molecule has 0 aliphatic rings. The molecule has 108 valence electrons. The van der Waals surface area contributed by atoms with Gasteiger partial charge in [-0.1, -0.05) is 18.2 Å². The van der Waals surface area contributed by atoms with Crippen molar-refractivity contribution in [1.82, 2.24) is 5.32 Å². The standard InChI is InChI=1S/C13H15NO6/c1-8(20-9-5-3-2-4-6-9)12(17)14-10(13(18)19)7-11(15)16/h2-6,8,10H,7H2,1H3,(H,14,17)(H,15,16)(H,18,19). The van der Waals surface area contributed by atoms with Gasteiger partial charge in [0.05, 0.1) is 6.42 Å². The molecule has 2 atom stereocenters. The second kappa shape index (κ2) is 7.13. The molecule has 1 rings (SSSR count). The van der Waals surface area contributed by atoms with Crippen LogP contribution in [0, 0.1) is 0 Å². The molecule has 1 aromatic rings. The second-order valence-electron chi connectivity index (χ2n) is 4.07. The maximum atomic E-state index is 11.8. The fraction of sp³-hybridized carbons (Fsp3) is 0.308. The van der Waals surface area contributed by atoms with Crippen LogP contribution in [0.4, 0.5) is 0 Å². The molecule has 0 spiro atoms. The van der Waals surface area contributed by atoms with Gasteiger partial charge in [-0.15, -0.1) is 0 Å². The van der Waals surface area contributed by atoms with E-state index in [2.05, 4.69) is 5.32 Å². The third-order valence-electron chi connectivity index (χ3n) is 2.42. The smallest absolute Gasteiger partial charge is 0.326 e. The molecule has 0 saturated carbocycles. The maximum Gasteiger partial charge on any atom is 0.326 e. The van der Waals surface area contributed by atoms with Gasteiger partial charge < -0.3 is 20.3 Å². The van der Waals surface area contributed by atoms with Crippen molar-refractivity contribution >= 4 is 17.8 Å². The van der Waals surface area contributed by atoms with Gasteiger partial charge in [0.25, 0.3) is 5.91 Å². The first-order valence-electron chi connectivity index (χ1n) is 5.87. The number of carbonyl (C=O) groups excluding carboxylic acids is 1. The normalized spacial score (nSPS) is 13.1. The highest BCUT2D eigenvalue weighted by atomic mass is 16.5. The van der Waals surface area contributed by atoms with E-state index in [0.29, 0.717) is 5.75 Å². The summed E-state index contributed by atoms with van der Waals surface area (Å²) in [5, 5.41) is 19.5. The van der Waals surface area contributed by atoms with Crippen LogP contribution in [0.2, 0.25) is 0 Å². The third kappa shape index (κ3) is 4.97. The van der Waals surface area contributed by atoms with Crippen LogP contribution in [0.3, 0.4) is 0 Å². The van der Waals surface area contributed by atoms with Crippen molar-refractivity contribution in [3.8, 4) is 5.75 Å². The summed E-state index contributed by atoms with van der Waals surface area (Å²) in [5.74, 6) is -2.95. The summed E-state index contributed by atoms with van der Waals surface area (Å²) in [6.07, 6.45) is -1.63. The minimum absolute atomic E-state index is 0.459. The number of carboxylic acid groups (broad SMARTS) is 2. The summed E-state index contributed by atoms with van der Waals surface area (Å²) >= 11 is 0. The Labute approximate surface area is 115 Å². The van der Waals surface area contributed by atoms with Crippen molar-refractivity contribution in [1.29, 1.82) is 0 Å². The number of hydrogen-bond acceptors (Lipinski definition) is 4. The zero-order valence-corrected chi connectivity index (χ0v) is 10.8. The summed E-state index contributed by atoms with van der Waals surface area (Å²) in [6.45, 7) is 1.45. The summed E-state index contributed by atoms with van der Waals surface area (Å²) in [7, 11) is 0. The van der Waals surface area contributed by atoms with Gasteiger partial charge >= 0.3 is 11.9 Å². The monoisotopic (exact) mass is 281 g/mol. The molecule has 20 heavy (non-hydrogen) atoms. The van der Waals surface area contributed by atoms with Crippen molar-refractivity contribution in [2.45, 2.75) is 25.5 Å². The van der Waals surface area contributed by atoms with E-state index in [-0.39, 0.29) is 0 Å². The number of carbonyl (C=O) groups is 3. The number of amides is 1. The van der Waals surface area contributed by atoms with Crippen molar-refractivity contribution in [3.63, 3.8) is 0 Å². The zero-order chi connectivity index (χ0) is 15.1. The summed E-state index contributed by atoms with van der Waals surface area (Å²) in [4.78, 5) is 33.1. The van der Waals surface area contributed by atoms with Gasteiger partial charge in [0.1, 0.15) is 11.8 Å². The van der Waals surface area contributed by atoms with Crippen LogP contribution in [0.15, 0.2) is 30.3 Å². The van der Waals surface area contributed by atoms with E-state index >= 15 is 0 Å². The second-order valence-corrected chi connectivity index (χ2v) is 4.07. The van der Waals surface area contributed by atoms with Crippen molar-refractivity contribution in [2.75, 3.05) is 0 Å². The molecule has 0 aliphatic heterocycles. The Kier molecular flexibility index (Phi) is 5.52. The largest absolute Gasteiger partial charge is 0.481 e. The van der Waals surface area contributed by atoms with Gasteiger partial charge in [-0.2, -0.15) is 0 Å². The molecule has 7 nitrogen and oxygen atoms in total. The average Bonchev–Trinajstić information content (AvgIpc) is 2.38. The SMILES string of the molecule is CC(Oc1ccccc1)C(=O)NC(CC(=O)O)C(=O)O. The van der Waals surface area contributed by atoms with Crippen LogP contribution in [0.1, 0.15) is 13.3 Å². The van der Waals surface area contributed by atoms with E-state index in [1.165, 1.54) is 6.92 Å². The Morgan fingerprint density at radius 1 is 1.20 bits per heavy atom. The predicted molar refractivity (Wildman–Crippen MR) is 68.4 cm³/mol. The molecule has 0 bridgehead atoms. The molecule has 0 aromatic heterocycles. The van der Waals surface area contributed by atoms with Gasteiger partial charge in [-0.25, -0.2) is 4.79 Å². The van der Waals surface area contributed by atoms with Gasteiger partial charge in [0.15, 0.2) is 6.10 Å². The van der Waals surface area contributed by atoms with Crippen molar-refractivity contribution in [3.05, 3.63) is 30.3 Å². The van der Waals surface area contributed by atoms with E-state index in [1.807, 2.05) is 0 Å². The molecule has 7 heteroatoms. The average molecular weight is 281 g/mol. The van der Waals surface area contributed by atoms with E-state index in [0.717, 1.165) is 0 Å². The number of hydrogen-bond donors (Lipinski definition) is 3. The van der Waals surface area contributed by atoms with Crippen LogP contribution in [0.25, 0.3) is 0 Å². The summed E-state index contributed by atoms with van der Waals surface area (Å²) < 4.78 is 5.31. The number of para-hydroxylation sites is 1. The highest BCUT2D eigenvalue weighted by Gasteiger charge is 2.26. The molecule has 0 radical (unpaired) electrons. The van der Waals surface area contributed by atoms with Gasteiger partial charge in [-0.3, -0.25) is 9.59 Å². The number of carboxylic acids is 2. The van der Waals surface area contributed by atoms with E-state index in [4.69, 9.17) is 14.9 Å². The van der Waals surface area contributed by atoms with Crippen LogP contribution in [-0.2, 0) is 14.4 Å².